The Morgan fingerprint density at radius 1 is 1.36 bits per heavy atom. The van der Waals surface area contributed by atoms with Crippen molar-refractivity contribution >= 4 is 28.9 Å². The second-order valence-electron chi connectivity index (χ2n) is 3.49. The molecule has 2 nitrogen and oxygen atoms in total. The molecule has 0 radical (unpaired) electrons. The Labute approximate surface area is 93.4 Å². The van der Waals surface area contributed by atoms with Crippen molar-refractivity contribution in [1.29, 1.82) is 5.26 Å². The first kappa shape index (κ1) is 11.2. The summed E-state index contributed by atoms with van der Waals surface area (Å²) in [4.78, 5) is 0. The molecular weight excluding hydrogens is 219 g/mol. The standard InChI is InChI=1S/C10H10Cl2N2/c1-10(2,6-13)14-9-5-7(11)3-4-8(9)12/h3-5,14H,1-2H3. The second kappa shape index (κ2) is 4.08. The molecule has 4 heteroatoms. The number of nitrogens with one attached hydrogen (secondary N) is 1. The van der Waals surface area contributed by atoms with Gasteiger partial charge >= 0.3 is 0 Å². The van der Waals surface area contributed by atoms with Crippen LogP contribution in [0.3, 0.4) is 0 Å². The zero-order valence-corrected chi connectivity index (χ0v) is 9.45. The molecule has 74 valence electrons. The van der Waals surface area contributed by atoms with Crippen LogP contribution >= 0.6 is 23.2 Å². The van der Waals surface area contributed by atoms with E-state index >= 15 is 0 Å². The average Bonchev–Trinajstić information content (AvgIpc) is 2.11. The lowest BCUT2D eigenvalue weighted by atomic mass is 10.1. The quantitative estimate of drug-likeness (QED) is 0.838. The van der Waals surface area contributed by atoms with Crippen LogP contribution in [-0.4, -0.2) is 5.54 Å². The van der Waals surface area contributed by atoms with Gasteiger partial charge in [0.15, 0.2) is 0 Å². The summed E-state index contributed by atoms with van der Waals surface area (Å²) in [5.41, 5.74) is 0.0135. The van der Waals surface area contributed by atoms with Gasteiger partial charge in [0.05, 0.1) is 16.8 Å². The number of nitriles is 1. The van der Waals surface area contributed by atoms with E-state index in [2.05, 4.69) is 11.4 Å². The van der Waals surface area contributed by atoms with Crippen molar-refractivity contribution in [3.63, 3.8) is 0 Å². The van der Waals surface area contributed by atoms with E-state index in [1.165, 1.54) is 0 Å². The van der Waals surface area contributed by atoms with Gasteiger partial charge in [-0.15, -0.1) is 0 Å². The van der Waals surface area contributed by atoms with Gasteiger partial charge in [-0.25, -0.2) is 0 Å². The summed E-state index contributed by atoms with van der Waals surface area (Å²) < 4.78 is 0. The van der Waals surface area contributed by atoms with Crippen molar-refractivity contribution in [3.05, 3.63) is 28.2 Å². The molecule has 1 aromatic rings. The normalized spacial score (nSPS) is 10.8. The zero-order chi connectivity index (χ0) is 10.8. The summed E-state index contributed by atoms with van der Waals surface area (Å²) in [7, 11) is 0. The number of hydrogen-bond acceptors (Lipinski definition) is 2. The highest BCUT2D eigenvalue weighted by molar-refractivity contribution is 6.35. The minimum Gasteiger partial charge on any atom is -0.367 e. The molecule has 0 amide bonds. The smallest absolute Gasteiger partial charge is 0.119 e. The maximum Gasteiger partial charge on any atom is 0.119 e. The Morgan fingerprint density at radius 2 is 2.00 bits per heavy atom. The molecule has 0 spiro atoms. The lowest BCUT2D eigenvalue weighted by Gasteiger charge is -2.20. The Morgan fingerprint density at radius 3 is 2.57 bits per heavy atom. The summed E-state index contributed by atoms with van der Waals surface area (Å²) in [6, 6.07) is 7.22. The predicted octanol–water partition coefficient (Wildman–Crippen LogP) is 3.71. The molecule has 0 bridgehead atoms. The number of halogens is 2. The van der Waals surface area contributed by atoms with Crippen LogP contribution in [0.1, 0.15) is 13.8 Å². The molecule has 0 aliphatic carbocycles. The first-order valence-corrected chi connectivity index (χ1v) is 4.85. The summed E-state index contributed by atoms with van der Waals surface area (Å²) in [5.74, 6) is 0. The molecule has 0 aliphatic rings. The Balaban J connectivity index is 2.98. The van der Waals surface area contributed by atoms with Crippen molar-refractivity contribution < 1.29 is 0 Å². The van der Waals surface area contributed by atoms with Gasteiger partial charge in [0.2, 0.25) is 0 Å². The fourth-order valence-corrected chi connectivity index (χ4v) is 1.29. The van der Waals surface area contributed by atoms with Gasteiger partial charge in [-0.1, -0.05) is 23.2 Å². The lowest BCUT2D eigenvalue weighted by molar-refractivity contribution is 0.729. The van der Waals surface area contributed by atoms with Crippen LogP contribution in [0.5, 0.6) is 0 Å². The van der Waals surface area contributed by atoms with Gasteiger partial charge < -0.3 is 5.32 Å². The van der Waals surface area contributed by atoms with Gasteiger partial charge in [-0.2, -0.15) is 5.26 Å². The molecule has 0 atom stereocenters. The van der Waals surface area contributed by atoms with Crippen LogP contribution in [0, 0.1) is 11.3 Å². The van der Waals surface area contributed by atoms with E-state index in [0.717, 1.165) is 0 Å². The highest BCUT2D eigenvalue weighted by Gasteiger charge is 2.17. The van der Waals surface area contributed by atoms with E-state index in [-0.39, 0.29) is 0 Å². The van der Waals surface area contributed by atoms with Crippen LogP contribution < -0.4 is 5.32 Å². The highest BCUT2D eigenvalue weighted by atomic mass is 35.5. The Hall–Kier alpha value is -0.910. The highest BCUT2D eigenvalue weighted by Crippen LogP contribution is 2.27. The SMILES string of the molecule is CC(C)(C#N)Nc1cc(Cl)ccc1Cl. The number of rotatable bonds is 2. The molecule has 14 heavy (non-hydrogen) atoms. The van der Waals surface area contributed by atoms with Gasteiger partial charge in [0.25, 0.3) is 0 Å². The monoisotopic (exact) mass is 228 g/mol. The molecule has 0 heterocycles. The Bertz CT molecular complexity index is 380. The maximum atomic E-state index is 8.83. The number of anilines is 1. The zero-order valence-electron chi connectivity index (χ0n) is 7.94. The third-order valence-corrected chi connectivity index (χ3v) is 2.22. The van der Waals surface area contributed by atoms with Crippen molar-refractivity contribution in [3.8, 4) is 6.07 Å². The summed E-state index contributed by atoms with van der Waals surface area (Å²) in [5, 5.41) is 13.0. The first-order chi connectivity index (χ1) is 6.44. The molecule has 0 unspecified atom stereocenters. The van der Waals surface area contributed by atoms with E-state index in [1.807, 2.05) is 0 Å². The summed E-state index contributed by atoms with van der Waals surface area (Å²) in [6.07, 6.45) is 0. The third kappa shape index (κ3) is 2.80. The Kier molecular flexibility index (Phi) is 3.25. The van der Waals surface area contributed by atoms with Crippen molar-refractivity contribution in [2.45, 2.75) is 19.4 Å². The third-order valence-electron chi connectivity index (χ3n) is 1.66. The summed E-state index contributed by atoms with van der Waals surface area (Å²) in [6.45, 7) is 3.54. The van der Waals surface area contributed by atoms with E-state index in [0.29, 0.717) is 15.7 Å². The van der Waals surface area contributed by atoms with Gasteiger partial charge in [-0.05, 0) is 32.0 Å². The molecule has 1 aromatic carbocycles. The minimum absolute atomic E-state index is 0.553. The van der Waals surface area contributed by atoms with E-state index in [9.17, 15) is 0 Å². The largest absolute Gasteiger partial charge is 0.367 e. The fraction of sp³-hybridized carbons (Fsp3) is 0.300. The van der Waals surface area contributed by atoms with Crippen molar-refractivity contribution in [1.82, 2.24) is 0 Å². The average molecular weight is 229 g/mol. The molecule has 0 aromatic heterocycles. The molecule has 0 aliphatic heterocycles. The van der Waals surface area contributed by atoms with Gasteiger partial charge in [0, 0.05) is 5.02 Å². The minimum atomic E-state index is -0.658. The van der Waals surface area contributed by atoms with Crippen LogP contribution in [0.25, 0.3) is 0 Å². The van der Waals surface area contributed by atoms with Crippen LogP contribution in [0.4, 0.5) is 5.69 Å². The molecule has 1 rings (SSSR count). The van der Waals surface area contributed by atoms with Crippen molar-refractivity contribution in [2.24, 2.45) is 0 Å². The molecular formula is C10H10Cl2N2. The van der Waals surface area contributed by atoms with E-state index in [4.69, 9.17) is 28.5 Å². The summed E-state index contributed by atoms with van der Waals surface area (Å²) >= 11 is 11.7. The van der Waals surface area contributed by atoms with E-state index < -0.39 is 5.54 Å². The molecule has 0 fully saturated rings. The maximum absolute atomic E-state index is 8.83. The van der Waals surface area contributed by atoms with Gasteiger partial charge in [-0.3, -0.25) is 0 Å². The first-order valence-electron chi connectivity index (χ1n) is 4.09. The number of benzene rings is 1. The lowest BCUT2D eigenvalue weighted by Crippen LogP contribution is -2.28. The fourth-order valence-electron chi connectivity index (χ4n) is 0.958. The van der Waals surface area contributed by atoms with Crippen LogP contribution in [0.2, 0.25) is 10.0 Å². The molecule has 0 saturated heterocycles. The second-order valence-corrected chi connectivity index (χ2v) is 4.33. The molecule has 1 N–H and O–H groups in total. The predicted molar refractivity (Wildman–Crippen MR) is 59.8 cm³/mol. The van der Waals surface area contributed by atoms with Gasteiger partial charge in [0.1, 0.15) is 5.54 Å². The molecule has 0 saturated carbocycles. The van der Waals surface area contributed by atoms with Crippen molar-refractivity contribution in [2.75, 3.05) is 5.32 Å². The van der Waals surface area contributed by atoms with E-state index in [1.54, 1.807) is 32.0 Å². The topological polar surface area (TPSA) is 35.8 Å². The van der Waals surface area contributed by atoms with Crippen LogP contribution in [-0.2, 0) is 0 Å². The van der Waals surface area contributed by atoms with Crippen LogP contribution in [0.15, 0.2) is 18.2 Å². The number of hydrogen-bond donors (Lipinski definition) is 1. The number of nitrogens with zero attached hydrogens (tertiary/aromatic N) is 1.